The van der Waals surface area contributed by atoms with Gasteiger partial charge in [-0.15, -0.1) is 0 Å². The molecule has 0 heterocycles. The van der Waals surface area contributed by atoms with Crippen LogP contribution in [-0.2, 0) is 14.4 Å². The molecule has 0 saturated heterocycles. The van der Waals surface area contributed by atoms with E-state index in [1.165, 1.54) is 25.5 Å². The molecule has 3 aromatic rings. The lowest BCUT2D eigenvalue weighted by Gasteiger charge is -2.10. The van der Waals surface area contributed by atoms with Crippen molar-refractivity contribution in [2.75, 3.05) is 24.4 Å². The van der Waals surface area contributed by atoms with Crippen LogP contribution in [0.2, 0.25) is 0 Å². The maximum Gasteiger partial charge on any atom is 0.329 e. The standard InChI is InChI=1S/C24H21FN4O5/c1-33-20-7-4-6-19(13-20)27-22(30)15-34-21-8-3-2-5-16(21)14-26-29-24(32)23(31)28-18-11-9-17(25)10-12-18/h2-14H,15H2,1H3,(H,27,30)(H,28,31)(H,29,32)/b26-14-. The van der Waals surface area contributed by atoms with Crippen LogP contribution in [0.25, 0.3) is 0 Å². The minimum absolute atomic E-state index is 0.261. The molecular weight excluding hydrogens is 443 g/mol. The van der Waals surface area contributed by atoms with Gasteiger partial charge in [0.15, 0.2) is 6.61 Å². The summed E-state index contributed by atoms with van der Waals surface area (Å²) in [5, 5.41) is 8.77. The third kappa shape index (κ3) is 7.16. The van der Waals surface area contributed by atoms with Crippen molar-refractivity contribution in [1.82, 2.24) is 5.43 Å². The van der Waals surface area contributed by atoms with Gasteiger partial charge in [0.1, 0.15) is 17.3 Å². The summed E-state index contributed by atoms with van der Waals surface area (Å²) in [6.45, 7) is -0.269. The van der Waals surface area contributed by atoms with Crippen molar-refractivity contribution in [3.8, 4) is 11.5 Å². The van der Waals surface area contributed by atoms with Gasteiger partial charge in [-0.25, -0.2) is 9.82 Å². The molecule has 0 spiro atoms. The van der Waals surface area contributed by atoms with Gasteiger partial charge in [-0.1, -0.05) is 18.2 Å². The number of rotatable bonds is 8. The van der Waals surface area contributed by atoms with Crippen LogP contribution < -0.4 is 25.5 Å². The summed E-state index contributed by atoms with van der Waals surface area (Å²) in [5.41, 5.74) is 3.38. The molecule has 0 fully saturated rings. The van der Waals surface area contributed by atoms with Crippen LogP contribution in [0, 0.1) is 5.82 Å². The van der Waals surface area contributed by atoms with Gasteiger partial charge in [0.05, 0.1) is 13.3 Å². The maximum absolute atomic E-state index is 12.9. The van der Waals surface area contributed by atoms with Gasteiger partial charge in [0, 0.05) is 23.0 Å². The smallest absolute Gasteiger partial charge is 0.329 e. The predicted octanol–water partition coefficient (Wildman–Crippen LogP) is 2.94. The summed E-state index contributed by atoms with van der Waals surface area (Å²) >= 11 is 0. The van der Waals surface area contributed by atoms with E-state index < -0.39 is 17.6 Å². The Morgan fingerprint density at radius 3 is 2.44 bits per heavy atom. The Balaban J connectivity index is 1.52. The first-order valence-electron chi connectivity index (χ1n) is 10.0. The second-order valence-electron chi connectivity index (χ2n) is 6.77. The average Bonchev–Trinajstić information content (AvgIpc) is 2.84. The van der Waals surface area contributed by atoms with E-state index in [9.17, 15) is 18.8 Å². The fourth-order valence-electron chi connectivity index (χ4n) is 2.69. The van der Waals surface area contributed by atoms with Crippen LogP contribution in [0.15, 0.2) is 77.9 Å². The monoisotopic (exact) mass is 464 g/mol. The van der Waals surface area contributed by atoms with Crippen LogP contribution >= 0.6 is 0 Å². The van der Waals surface area contributed by atoms with Crippen LogP contribution in [0.5, 0.6) is 11.5 Å². The van der Waals surface area contributed by atoms with Crippen LogP contribution in [-0.4, -0.2) is 37.7 Å². The van der Waals surface area contributed by atoms with Gasteiger partial charge in [0.2, 0.25) is 0 Å². The van der Waals surface area contributed by atoms with E-state index in [0.717, 1.165) is 12.1 Å². The number of benzene rings is 3. The molecule has 0 unspecified atom stereocenters. The van der Waals surface area contributed by atoms with Gasteiger partial charge in [-0.05, 0) is 48.5 Å². The lowest BCUT2D eigenvalue weighted by molar-refractivity contribution is -0.136. The zero-order valence-electron chi connectivity index (χ0n) is 18.1. The molecule has 3 aromatic carbocycles. The summed E-state index contributed by atoms with van der Waals surface area (Å²) in [4.78, 5) is 36.0. The number of hydrogen-bond acceptors (Lipinski definition) is 6. The minimum Gasteiger partial charge on any atom is -0.497 e. The number of methoxy groups -OCH3 is 1. The number of nitrogens with one attached hydrogen (secondary N) is 3. The van der Waals surface area contributed by atoms with E-state index in [1.807, 2.05) is 0 Å². The third-order valence-electron chi connectivity index (χ3n) is 4.31. The highest BCUT2D eigenvalue weighted by atomic mass is 19.1. The molecule has 0 atom stereocenters. The molecular formula is C24H21FN4O5. The number of halogens is 1. The van der Waals surface area contributed by atoms with E-state index in [4.69, 9.17) is 9.47 Å². The molecule has 0 saturated carbocycles. The van der Waals surface area contributed by atoms with E-state index in [2.05, 4.69) is 21.2 Å². The molecule has 0 aliphatic rings. The van der Waals surface area contributed by atoms with Crippen molar-refractivity contribution in [3.63, 3.8) is 0 Å². The van der Waals surface area contributed by atoms with E-state index >= 15 is 0 Å². The topological polar surface area (TPSA) is 118 Å². The zero-order chi connectivity index (χ0) is 24.3. The van der Waals surface area contributed by atoms with Crippen LogP contribution in [0.4, 0.5) is 15.8 Å². The number of para-hydroxylation sites is 1. The van der Waals surface area contributed by atoms with Crippen molar-refractivity contribution in [2.24, 2.45) is 5.10 Å². The Kier molecular flexibility index (Phi) is 8.28. The normalized spacial score (nSPS) is 10.4. The second-order valence-corrected chi connectivity index (χ2v) is 6.77. The second kappa shape index (κ2) is 11.8. The number of amides is 3. The quantitative estimate of drug-likeness (QED) is 0.269. The number of carbonyl (C=O) groups is 3. The van der Waals surface area contributed by atoms with E-state index in [-0.39, 0.29) is 18.2 Å². The predicted molar refractivity (Wildman–Crippen MR) is 124 cm³/mol. The summed E-state index contributed by atoms with van der Waals surface area (Å²) in [6.07, 6.45) is 1.28. The molecule has 3 N–H and O–H groups in total. The molecule has 34 heavy (non-hydrogen) atoms. The Morgan fingerprint density at radius 1 is 0.912 bits per heavy atom. The molecule has 3 rings (SSSR count). The molecule has 174 valence electrons. The largest absolute Gasteiger partial charge is 0.497 e. The van der Waals surface area contributed by atoms with Crippen LogP contribution in [0.1, 0.15) is 5.56 Å². The highest BCUT2D eigenvalue weighted by molar-refractivity contribution is 6.39. The van der Waals surface area contributed by atoms with Crippen molar-refractivity contribution >= 4 is 35.3 Å². The lowest BCUT2D eigenvalue weighted by Crippen LogP contribution is -2.32. The average molecular weight is 464 g/mol. The third-order valence-corrected chi connectivity index (χ3v) is 4.31. The van der Waals surface area contributed by atoms with Crippen molar-refractivity contribution in [1.29, 1.82) is 0 Å². The number of hydrogen-bond donors (Lipinski definition) is 3. The molecule has 0 aliphatic heterocycles. The lowest BCUT2D eigenvalue weighted by atomic mass is 10.2. The van der Waals surface area contributed by atoms with Gasteiger partial charge >= 0.3 is 11.8 Å². The molecule has 0 radical (unpaired) electrons. The zero-order valence-corrected chi connectivity index (χ0v) is 18.1. The number of nitrogens with zero attached hydrogens (tertiary/aromatic N) is 1. The number of ether oxygens (including phenoxy) is 2. The molecule has 0 aromatic heterocycles. The SMILES string of the molecule is COc1cccc(NC(=O)COc2ccccc2/C=N\NC(=O)C(=O)Nc2ccc(F)cc2)c1. The summed E-state index contributed by atoms with van der Waals surface area (Å²) in [7, 11) is 1.53. The van der Waals surface area contributed by atoms with Gasteiger partial charge in [0.25, 0.3) is 5.91 Å². The first-order valence-corrected chi connectivity index (χ1v) is 10.0. The van der Waals surface area contributed by atoms with Gasteiger partial charge in [-0.3, -0.25) is 14.4 Å². The highest BCUT2D eigenvalue weighted by Gasteiger charge is 2.13. The first-order chi connectivity index (χ1) is 16.4. The summed E-state index contributed by atoms with van der Waals surface area (Å²) in [5.74, 6) is -1.89. The Hall–Kier alpha value is -4.73. The van der Waals surface area contributed by atoms with Crippen molar-refractivity contribution < 1.29 is 28.2 Å². The van der Waals surface area contributed by atoms with E-state index in [0.29, 0.717) is 22.7 Å². The fraction of sp³-hybridized carbons (Fsp3) is 0.0833. The Labute approximate surface area is 194 Å². The Morgan fingerprint density at radius 2 is 1.68 bits per heavy atom. The fourth-order valence-corrected chi connectivity index (χ4v) is 2.69. The molecule has 10 heteroatoms. The minimum atomic E-state index is -1.02. The summed E-state index contributed by atoms with van der Waals surface area (Å²) in [6, 6.07) is 18.6. The number of hydrazone groups is 1. The number of carbonyl (C=O) groups excluding carboxylic acids is 3. The van der Waals surface area contributed by atoms with E-state index in [1.54, 1.807) is 48.5 Å². The van der Waals surface area contributed by atoms with Gasteiger partial charge in [-0.2, -0.15) is 5.10 Å². The first kappa shape index (κ1) is 23.9. The molecule has 0 aliphatic carbocycles. The molecule has 9 nitrogen and oxygen atoms in total. The molecule has 0 bridgehead atoms. The van der Waals surface area contributed by atoms with Crippen molar-refractivity contribution in [2.45, 2.75) is 0 Å². The summed E-state index contributed by atoms with van der Waals surface area (Å²) < 4.78 is 23.6. The van der Waals surface area contributed by atoms with Crippen molar-refractivity contribution in [3.05, 3.63) is 84.2 Å². The molecule has 3 amide bonds. The van der Waals surface area contributed by atoms with Crippen LogP contribution in [0.3, 0.4) is 0 Å². The highest BCUT2D eigenvalue weighted by Crippen LogP contribution is 2.18. The number of anilines is 2. The Bertz CT molecular complexity index is 1200. The van der Waals surface area contributed by atoms with Gasteiger partial charge < -0.3 is 20.1 Å². The maximum atomic E-state index is 12.9.